The Balaban J connectivity index is 1.47. The van der Waals surface area contributed by atoms with Crippen molar-refractivity contribution in [3.8, 4) is 0 Å². The second-order valence-electron chi connectivity index (χ2n) is 6.03. The van der Waals surface area contributed by atoms with E-state index in [2.05, 4.69) is 22.5 Å². The van der Waals surface area contributed by atoms with Crippen molar-refractivity contribution >= 4 is 5.96 Å². The third-order valence-electron chi connectivity index (χ3n) is 3.62. The van der Waals surface area contributed by atoms with Gasteiger partial charge < -0.3 is 20.1 Å². The zero-order valence-corrected chi connectivity index (χ0v) is 12.2. The number of guanidine groups is 1. The lowest BCUT2D eigenvalue weighted by atomic mass is 9.89. The molecule has 2 aliphatic rings. The molecule has 19 heavy (non-hydrogen) atoms. The van der Waals surface area contributed by atoms with Gasteiger partial charge in [-0.05, 0) is 25.2 Å². The second-order valence-corrected chi connectivity index (χ2v) is 6.03. The van der Waals surface area contributed by atoms with Gasteiger partial charge in [0.05, 0.1) is 13.2 Å². The van der Waals surface area contributed by atoms with Crippen LogP contribution in [0.2, 0.25) is 0 Å². The minimum absolute atomic E-state index is 0.269. The van der Waals surface area contributed by atoms with Gasteiger partial charge in [0.1, 0.15) is 0 Å². The van der Waals surface area contributed by atoms with Crippen LogP contribution in [0, 0.1) is 11.3 Å². The lowest BCUT2D eigenvalue weighted by Crippen LogP contribution is -2.51. The average Bonchev–Trinajstić information content (AvgIpc) is 3.19. The summed E-state index contributed by atoms with van der Waals surface area (Å²) in [7, 11) is 1.80. The molecule has 0 bridgehead atoms. The topological polar surface area (TPSA) is 54.9 Å². The summed E-state index contributed by atoms with van der Waals surface area (Å²) in [6.07, 6.45) is 3.74. The smallest absolute Gasteiger partial charge is 0.191 e. The molecule has 0 aromatic rings. The standard InChI is InChI=1S/C14H27N3O2/c1-14(10-19-11-14)9-17-13(15-2)16-6-3-7-18-8-12-4-5-12/h12H,3-11H2,1-2H3,(H2,15,16,17). The maximum absolute atomic E-state index is 5.60. The summed E-state index contributed by atoms with van der Waals surface area (Å²) in [6, 6.07) is 0. The van der Waals surface area contributed by atoms with Gasteiger partial charge in [0, 0.05) is 38.8 Å². The van der Waals surface area contributed by atoms with E-state index in [1.54, 1.807) is 7.05 Å². The van der Waals surface area contributed by atoms with E-state index in [0.717, 1.165) is 57.8 Å². The van der Waals surface area contributed by atoms with Crippen LogP contribution in [0.5, 0.6) is 0 Å². The van der Waals surface area contributed by atoms with Gasteiger partial charge in [-0.1, -0.05) is 6.92 Å². The molecule has 0 aromatic carbocycles. The van der Waals surface area contributed by atoms with Crippen LogP contribution in [0.4, 0.5) is 0 Å². The van der Waals surface area contributed by atoms with Crippen LogP contribution >= 0.6 is 0 Å². The van der Waals surface area contributed by atoms with Crippen molar-refractivity contribution in [2.45, 2.75) is 26.2 Å². The lowest BCUT2D eigenvalue weighted by Gasteiger charge is -2.38. The fourth-order valence-electron chi connectivity index (χ4n) is 1.99. The molecule has 2 N–H and O–H groups in total. The molecule has 0 atom stereocenters. The minimum atomic E-state index is 0.269. The number of aliphatic imine (C=N–C) groups is 1. The number of rotatable bonds is 8. The molecule has 1 saturated carbocycles. The number of nitrogens with one attached hydrogen (secondary N) is 2. The first kappa shape index (κ1) is 14.6. The van der Waals surface area contributed by atoms with Gasteiger partial charge in [0.2, 0.25) is 0 Å². The molecule has 0 aromatic heterocycles. The van der Waals surface area contributed by atoms with Crippen LogP contribution in [0.1, 0.15) is 26.2 Å². The maximum Gasteiger partial charge on any atom is 0.191 e. The zero-order chi connectivity index (χ0) is 13.6. The summed E-state index contributed by atoms with van der Waals surface area (Å²) >= 11 is 0. The highest BCUT2D eigenvalue weighted by Gasteiger charge is 2.33. The van der Waals surface area contributed by atoms with Gasteiger partial charge in [0.15, 0.2) is 5.96 Å². The summed E-state index contributed by atoms with van der Waals surface area (Å²) in [5.41, 5.74) is 0.269. The van der Waals surface area contributed by atoms with Gasteiger partial charge in [-0.25, -0.2) is 0 Å². The van der Waals surface area contributed by atoms with Crippen LogP contribution in [0.3, 0.4) is 0 Å². The van der Waals surface area contributed by atoms with E-state index in [-0.39, 0.29) is 5.41 Å². The first-order chi connectivity index (χ1) is 9.22. The van der Waals surface area contributed by atoms with Gasteiger partial charge in [-0.2, -0.15) is 0 Å². The number of hydrogen-bond acceptors (Lipinski definition) is 3. The van der Waals surface area contributed by atoms with Crippen molar-refractivity contribution in [2.24, 2.45) is 16.3 Å². The largest absolute Gasteiger partial charge is 0.381 e. The van der Waals surface area contributed by atoms with E-state index < -0.39 is 0 Å². The quantitative estimate of drug-likeness (QED) is 0.392. The fourth-order valence-corrected chi connectivity index (χ4v) is 1.99. The van der Waals surface area contributed by atoms with E-state index in [0.29, 0.717) is 0 Å². The van der Waals surface area contributed by atoms with Crippen molar-refractivity contribution in [3.05, 3.63) is 0 Å². The van der Waals surface area contributed by atoms with Crippen LogP contribution in [0.25, 0.3) is 0 Å². The molecule has 2 fully saturated rings. The number of hydrogen-bond donors (Lipinski definition) is 2. The molecule has 1 aliphatic carbocycles. The third-order valence-corrected chi connectivity index (χ3v) is 3.62. The monoisotopic (exact) mass is 269 g/mol. The van der Waals surface area contributed by atoms with E-state index in [9.17, 15) is 0 Å². The normalized spacial score (nSPS) is 21.9. The Bertz CT molecular complexity index is 299. The summed E-state index contributed by atoms with van der Waals surface area (Å²) in [6.45, 7) is 7.50. The average molecular weight is 269 g/mol. The Hall–Kier alpha value is -0.810. The Morgan fingerprint density at radius 2 is 2.16 bits per heavy atom. The van der Waals surface area contributed by atoms with Gasteiger partial charge in [-0.15, -0.1) is 0 Å². The maximum atomic E-state index is 5.60. The highest BCUT2D eigenvalue weighted by molar-refractivity contribution is 5.79. The van der Waals surface area contributed by atoms with Gasteiger partial charge in [-0.3, -0.25) is 4.99 Å². The van der Waals surface area contributed by atoms with Crippen molar-refractivity contribution < 1.29 is 9.47 Å². The third kappa shape index (κ3) is 5.37. The fraction of sp³-hybridized carbons (Fsp3) is 0.929. The Labute approximate surface area is 116 Å². The van der Waals surface area contributed by atoms with Crippen LogP contribution in [-0.4, -0.2) is 52.5 Å². The Morgan fingerprint density at radius 1 is 1.37 bits per heavy atom. The zero-order valence-electron chi connectivity index (χ0n) is 12.2. The predicted molar refractivity (Wildman–Crippen MR) is 76.5 cm³/mol. The highest BCUT2D eigenvalue weighted by Crippen LogP contribution is 2.28. The molecule has 2 rings (SSSR count). The number of ether oxygens (including phenoxy) is 2. The lowest BCUT2D eigenvalue weighted by molar-refractivity contribution is -0.0971. The molecule has 5 nitrogen and oxygen atoms in total. The van der Waals surface area contributed by atoms with E-state index in [1.807, 2.05) is 0 Å². The molecule has 1 saturated heterocycles. The highest BCUT2D eigenvalue weighted by atomic mass is 16.5. The molecule has 0 spiro atoms. The molecule has 5 heteroatoms. The predicted octanol–water partition coefficient (Wildman–Crippen LogP) is 1.00. The SMILES string of the molecule is CN=C(NCCCOCC1CC1)NCC1(C)COC1. The van der Waals surface area contributed by atoms with E-state index in [4.69, 9.17) is 9.47 Å². The molecule has 0 radical (unpaired) electrons. The van der Waals surface area contributed by atoms with E-state index >= 15 is 0 Å². The van der Waals surface area contributed by atoms with Crippen molar-refractivity contribution in [2.75, 3.05) is 46.6 Å². The van der Waals surface area contributed by atoms with Crippen LogP contribution in [0.15, 0.2) is 4.99 Å². The summed E-state index contributed by atoms with van der Waals surface area (Å²) in [5.74, 6) is 1.73. The first-order valence-corrected chi connectivity index (χ1v) is 7.32. The number of nitrogens with zero attached hydrogens (tertiary/aromatic N) is 1. The Kier molecular flexibility index (Phi) is 5.45. The van der Waals surface area contributed by atoms with Crippen molar-refractivity contribution in [1.82, 2.24) is 10.6 Å². The van der Waals surface area contributed by atoms with E-state index in [1.165, 1.54) is 12.8 Å². The Morgan fingerprint density at radius 3 is 2.74 bits per heavy atom. The molecular formula is C14H27N3O2. The molecular weight excluding hydrogens is 242 g/mol. The summed E-state index contributed by atoms with van der Waals surface area (Å²) in [5, 5.41) is 6.66. The molecule has 1 heterocycles. The van der Waals surface area contributed by atoms with Crippen molar-refractivity contribution in [3.63, 3.8) is 0 Å². The summed E-state index contributed by atoms with van der Waals surface area (Å²) in [4.78, 5) is 4.22. The van der Waals surface area contributed by atoms with Crippen LogP contribution < -0.4 is 10.6 Å². The molecule has 0 unspecified atom stereocenters. The molecule has 1 aliphatic heterocycles. The molecule has 0 amide bonds. The van der Waals surface area contributed by atoms with Crippen molar-refractivity contribution in [1.29, 1.82) is 0 Å². The van der Waals surface area contributed by atoms with Gasteiger partial charge >= 0.3 is 0 Å². The first-order valence-electron chi connectivity index (χ1n) is 7.32. The minimum Gasteiger partial charge on any atom is -0.381 e. The molecule has 110 valence electrons. The van der Waals surface area contributed by atoms with Gasteiger partial charge in [0.25, 0.3) is 0 Å². The van der Waals surface area contributed by atoms with Crippen LogP contribution in [-0.2, 0) is 9.47 Å². The summed E-state index contributed by atoms with van der Waals surface area (Å²) < 4.78 is 10.8. The second kappa shape index (κ2) is 7.10.